The van der Waals surface area contributed by atoms with Gasteiger partial charge in [0.15, 0.2) is 0 Å². The van der Waals surface area contributed by atoms with E-state index in [0.29, 0.717) is 29.5 Å². The molecule has 0 N–H and O–H groups in total. The van der Waals surface area contributed by atoms with E-state index in [4.69, 9.17) is 4.74 Å². The molecular weight excluding hydrogens is 398 g/mol. The highest BCUT2D eigenvalue weighted by molar-refractivity contribution is 14.1. The third-order valence-corrected chi connectivity index (χ3v) is 4.25. The van der Waals surface area contributed by atoms with Crippen molar-refractivity contribution in [3.8, 4) is 0 Å². The van der Waals surface area contributed by atoms with E-state index in [1.807, 2.05) is 0 Å². The summed E-state index contributed by atoms with van der Waals surface area (Å²) in [5.41, 5.74) is -1.15. The Labute approximate surface area is 134 Å². The molecule has 0 aliphatic carbocycles. The fourth-order valence-electron chi connectivity index (χ4n) is 2.40. The van der Waals surface area contributed by atoms with Crippen LogP contribution in [0.5, 0.6) is 0 Å². The van der Waals surface area contributed by atoms with Crippen LogP contribution in [0.2, 0.25) is 0 Å². The maximum absolute atomic E-state index is 13.1. The molecule has 1 saturated heterocycles. The van der Waals surface area contributed by atoms with Crippen LogP contribution in [0.15, 0.2) is 18.2 Å². The molecule has 7 heteroatoms. The number of methoxy groups -OCH3 is 1. The summed E-state index contributed by atoms with van der Waals surface area (Å²) in [5, 5.41) is 0. The molecule has 1 aromatic carbocycles. The molecule has 21 heavy (non-hydrogen) atoms. The van der Waals surface area contributed by atoms with Gasteiger partial charge in [-0.05, 0) is 53.6 Å². The molecule has 3 nitrogen and oxygen atoms in total. The molecular formula is C14H15F3INO2. The average Bonchev–Trinajstić information content (AvgIpc) is 2.45. The maximum Gasteiger partial charge on any atom is 0.417 e. The Balaban J connectivity index is 2.24. The second kappa shape index (κ2) is 6.51. The van der Waals surface area contributed by atoms with Crippen molar-refractivity contribution in [3.05, 3.63) is 32.9 Å². The molecule has 1 aromatic rings. The van der Waals surface area contributed by atoms with Crippen LogP contribution in [0.25, 0.3) is 0 Å². The lowest BCUT2D eigenvalue weighted by atomic mass is 10.0. The number of rotatable bonds is 2. The average molecular weight is 413 g/mol. The third kappa shape index (κ3) is 3.88. The smallest absolute Gasteiger partial charge is 0.381 e. The predicted octanol–water partition coefficient (Wildman–Crippen LogP) is 3.56. The number of piperidine rings is 1. The molecule has 0 radical (unpaired) electrons. The van der Waals surface area contributed by atoms with Gasteiger partial charge in [0, 0.05) is 23.8 Å². The monoisotopic (exact) mass is 413 g/mol. The van der Waals surface area contributed by atoms with E-state index in [-0.39, 0.29) is 11.7 Å². The van der Waals surface area contributed by atoms with Crippen LogP contribution in [0, 0.1) is 3.57 Å². The van der Waals surface area contributed by atoms with Gasteiger partial charge < -0.3 is 9.64 Å². The first-order valence-corrected chi connectivity index (χ1v) is 7.59. The lowest BCUT2D eigenvalue weighted by Gasteiger charge is -2.31. The highest BCUT2D eigenvalue weighted by Crippen LogP contribution is 2.34. The minimum Gasteiger partial charge on any atom is -0.381 e. The van der Waals surface area contributed by atoms with Crippen molar-refractivity contribution in [1.29, 1.82) is 0 Å². The molecule has 2 rings (SSSR count). The topological polar surface area (TPSA) is 29.5 Å². The van der Waals surface area contributed by atoms with E-state index in [9.17, 15) is 18.0 Å². The Morgan fingerprint density at radius 1 is 1.33 bits per heavy atom. The molecule has 1 fully saturated rings. The van der Waals surface area contributed by atoms with Crippen molar-refractivity contribution in [2.24, 2.45) is 0 Å². The van der Waals surface area contributed by atoms with Gasteiger partial charge in [-0.3, -0.25) is 4.79 Å². The normalized spacial score (nSPS) is 17.1. The fraction of sp³-hybridized carbons (Fsp3) is 0.500. The van der Waals surface area contributed by atoms with Crippen LogP contribution in [-0.2, 0) is 10.9 Å². The molecule has 0 bridgehead atoms. The Kier molecular flexibility index (Phi) is 5.13. The molecule has 0 spiro atoms. The standard InChI is InChI=1S/C14H15F3INO2/c1-21-10-4-6-19(7-5-10)13(20)11-3-2-9(18)8-12(11)14(15,16)17/h2-3,8,10H,4-7H2,1H3. The SMILES string of the molecule is COC1CCN(C(=O)c2ccc(I)cc2C(F)(F)F)CC1. The molecule has 1 heterocycles. The summed E-state index contributed by atoms with van der Waals surface area (Å²) in [7, 11) is 1.60. The van der Waals surface area contributed by atoms with Crippen molar-refractivity contribution in [2.45, 2.75) is 25.1 Å². The number of hydrogen-bond acceptors (Lipinski definition) is 2. The minimum absolute atomic E-state index is 0.0767. The van der Waals surface area contributed by atoms with Crippen LogP contribution in [-0.4, -0.2) is 37.1 Å². The first kappa shape index (κ1) is 16.5. The van der Waals surface area contributed by atoms with Crippen molar-refractivity contribution < 1.29 is 22.7 Å². The number of benzene rings is 1. The largest absolute Gasteiger partial charge is 0.417 e. The molecule has 0 aromatic heterocycles. The highest BCUT2D eigenvalue weighted by Gasteiger charge is 2.37. The van der Waals surface area contributed by atoms with Crippen LogP contribution in [0.1, 0.15) is 28.8 Å². The third-order valence-electron chi connectivity index (χ3n) is 3.58. The summed E-state index contributed by atoms with van der Waals surface area (Å²) in [6, 6.07) is 3.79. The molecule has 1 aliphatic rings. The zero-order valence-corrected chi connectivity index (χ0v) is 13.6. The van der Waals surface area contributed by atoms with Crippen molar-refractivity contribution in [1.82, 2.24) is 4.90 Å². The van der Waals surface area contributed by atoms with E-state index < -0.39 is 17.6 Å². The summed E-state index contributed by atoms with van der Waals surface area (Å²) in [4.78, 5) is 13.8. The maximum atomic E-state index is 13.1. The second-order valence-electron chi connectivity index (χ2n) is 4.91. The van der Waals surface area contributed by atoms with Gasteiger partial charge in [-0.25, -0.2) is 0 Å². The van der Waals surface area contributed by atoms with Crippen LogP contribution >= 0.6 is 22.6 Å². The summed E-state index contributed by atoms with van der Waals surface area (Å²) in [5.74, 6) is -0.562. The first-order chi connectivity index (χ1) is 9.82. The van der Waals surface area contributed by atoms with Gasteiger partial charge in [-0.2, -0.15) is 13.2 Å². The second-order valence-corrected chi connectivity index (χ2v) is 6.16. The van der Waals surface area contributed by atoms with Gasteiger partial charge >= 0.3 is 6.18 Å². The number of hydrogen-bond donors (Lipinski definition) is 0. The molecule has 0 unspecified atom stereocenters. The van der Waals surface area contributed by atoms with Gasteiger partial charge in [0.05, 0.1) is 17.2 Å². The number of ether oxygens (including phenoxy) is 1. The Morgan fingerprint density at radius 3 is 2.48 bits per heavy atom. The van der Waals surface area contributed by atoms with Crippen molar-refractivity contribution in [2.75, 3.05) is 20.2 Å². The zero-order valence-electron chi connectivity index (χ0n) is 11.4. The number of carbonyl (C=O) groups is 1. The molecule has 0 atom stereocenters. The van der Waals surface area contributed by atoms with E-state index in [2.05, 4.69) is 0 Å². The van der Waals surface area contributed by atoms with E-state index >= 15 is 0 Å². The summed E-state index contributed by atoms with van der Waals surface area (Å²) in [6.45, 7) is 0.835. The van der Waals surface area contributed by atoms with E-state index in [1.165, 1.54) is 17.0 Å². The number of amides is 1. The zero-order chi connectivity index (χ0) is 15.6. The van der Waals surface area contributed by atoms with Gasteiger partial charge in [-0.1, -0.05) is 0 Å². The Morgan fingerprint density at radius 2 is 1.95 bits per heavy atom. The lowest BCUT2D eigenvalue weighted by Crippen LogP contribution is -2.41. The highest BCUT2D eigenvalue weighted by atomic mass is 127. The van der Waals surface area contributed by atoms with Crippen LogP contribution in [0.3, 0.4) is 0 Å². The molecule has 0 saturated carbocycles. The number of halogens is 4. The quantitative estimate of drug-likeness (QED) is 0.695. The van der Waals surface area contributed by atoms with Crippen LogP contribution < -0.4 is 0 Å². The number of likely N-dealkylation sites (tertiary alicyclic amines) is 1. The van der Waals surface area contributed by atoms with Crippen molar-refractivity contribution in [3.63, 3.8) is 0 Å². The number of alkyl halides is 3. The van der Waals surface area contributed by atoms with Gasteiger partial charge in [0.25, 0.3) is 5.91 Å². The summed E-state index contributed by atoms with van der Waals surface area (Å²) < 4.78 is 44.9. The van der Waals surface area contributed by atoms with E-state index in [1.54, 1.807) is 29.7 Å². The first-order valence-electron chi connectivity index (χ1n) is 6.51. The van der Waals surface area contributed by atoms with E-state index in [0.717, 1.165) is 6.07 Å². The lowest BCUT2D eigenvalue weighted by molar-refractivity contribution is -0.138. The fourth-order valence-corrected chi connectivity index (χ4v) is 2.89. The van der Waals surface area contributed by atoms with Gasteiger partial charge in [0.1, 0.15) is 0 Å². The van der Waals surface area contributed by atoms with Gasteiger partial charge in [-0.15, -0.1) is 0 Å². The molecule has 116 valence electrons. The van der Waals surface area contributed by atoms with Crippen molar-refractivity contribution >= 4 is 28.5 Å². The number of nitrogens with zero attached hydrogens (tertiary/aromatic N) is 1. The Hall–Kier alpha value is -0.830. The summed E-state index contributed by atoms with van der Waals surface area (Å²) >= 11 is 1.81. The number of carbonyl (C=O) groups excluding carboxylic acids is 1. The molecule has 1 amide bonds. The molecule has 1 aliphatic heterocycles. The van der Waals surface area contributed by atoms with Crippen LogP contribution in [0.4, 0.5) is 13.2 Å². The van der Waals surface area contributed by atoms with Gasteiger partial charge in [0.2, 0.25) is 0 Å². The summed E-state index contributed by atoms with van der Waals surface area (Å²) in [6.07, 6.45) is -3.16. The predicted molar refractivity (Wildman–Crippen MR) is 80.1 cm³/mol. The minimum atomic E-state index is -4.53. The Bertz CT molecular complexity index is 525.